The maximum Gasteiger partial charge on any atom is 0.350 e. The molecule has 7 heteroatoms. The van der Waals surface area contributed by atoms with E-state index in [-0.39, 0.29) is 24.6 Å². The van der Waals surface area contributed by atoms with Gasteiger partial charge in [-0.3, -0.25) is 9.20 Å². The van der Waals surface area contributed by atoms with Crippen LogP contribution >= 0.6 is 0 Å². The van der Waals surface area contributed by atoms with Crippen molar-refractivity contribution in [2.75, 3.05) is 13.2 Å². The molecule has 0 bridgehead atoms. The number of nitrogens with one attached hydrogen (secondary N) is 1. The lowest BCUT2D eigenvalue weighted by Gasteiger charge is -2.28. The topological polar surface area (TPSA) is 77.6 Å². The quantitative estimate of drug-likeness (QED) is 0.773. The molecule has 0 radical (unpaired) electrons. The molecule has 1 aliphatic carbocycles. The first-order valence-electron chi connectivity index (χ1n) is 9.07. The zero-order valence-corrected chi connectivity index (χ0v) is 14.7. The molecule has 1 amide bonds. The Hall–Kier alpha value is -2.15. The summed E-state index contributed by atoms with van der Waals surface area (Å²) in [5.41, 5.74) is 0.362. The fourth-order valence-corrected chi connectivity index (χ4v) is 3.34. The second kappa shape index (κ2) is 8.29. The molecule has 0 aliphatic heterocycles. The number of hydrogen-bond acceptors (Lipinski definition) is 4. The summed E-state index contributed by atoms with van der Waals surface area (Å²) in [5.74, 6) is 0.510. The fourth-order valence-electron chi connectivity index (χ4n) is 3.34. The van der Waals surface area contributed by atoms with E-state index in [2.05, 4.69) is 17.3 Å². The van der Waals surface area contributed by atoms with E-state index in [1.165, 1.54) is 28.3 Å². The Morgan fingerprint density at radius 1 is 1.36 bits per heavy atom. The SMILES string of the molecule is CC1CCCCC1OCCNC(=O)CCn1nc2ccccn2c1=O. The third-order valence-corrected chi connectivity index (χ3v) is 4.83. The van der Waals surface area contributed by atoms with Crippen LogP contribution in [0.4, 0.5) is 0 Å². The summed E-state index contributed by atoms with van der Waals surface area (Å²) >= 11 is 0. The van der Waals surface area contributed by atoms with Crippen LogP contribution in [-0.4, -0.2) is 39.3 Å². The van der Waals surface area contributed by atoms with Crippen molar-refractivity contribution < 1.29 is 9.53 Å². The molecule has 2 aromatic heterocycles. The van der Waals surface area contributed by atoms with E-state index in [0.717, 1.165) is 6.42 Å². The highest BCUT2D eigenvalue weighted by molar-refractivity contribution is 5.75. The maximum atomic E-state index is 12.1. The van der Waals surface area contributed by atoms with Gasteiger partial charge in [0, 0.05) is 19.2 Å². The molecule has 2 aromatic rings. The van der Waals surface area contributed by atoms with Gasteiger partial charge in [0.1, 0.15) is 0 Å². The van der Waals surface area contributed by atoms with Crippen LogP contribution in [0.1, 0.15) is 39.0 Å². The Kier molecular flexibility index (Phi) is 5.86. The number of rotatable bonds is 7. The molecule has 0 spiro atoms. The van der Waals surface area contributed by atoms with Crippen molar-refractivity contribution in [2.24, 2.45) is 5.92 Å². The molecule has 2 heterocycles. The van der Waals surface area contributed by atoms with Gasteiger partial charge in [-0.1, -0.05) is 25.8 Å². The normalized spacial score (nSPS) is 20.7. The molecule has 2 atom stereocenters. The van der Waals surface area contributed by atoms with Crippen LogP contribution < -0.4 is 11.0 Å². The second-order valence-corrected chi connectivity index (χ2v) is 6.71. The molecule has 3 rings (SSSR count). The summed E-state index contributed by atoms with van der Waals surface area (Å²) in [6, 6.07) is 5.37. The van der Waals surface area contributed by atoms with Crippen molar-refractivity contribution in [3.8, 4) is 0 Å². The van der Waals surface area contributed by atoms with E-state index in [1.807, 2.05) is 6.07 Å². The second-order valence-electron chi connectivity index (χ2n) is 6.71. The standard InChI is InChI=1S/C18H26N4O3/c1-14-6-2-3-7-15(14)25-13-10-19-17(23)9-12-22-18(24)21-11-5-4-8-16(21)20-22/h4-5,8,11,14-15H,2-3,6-7,9-10,12-13H2,1H3,(H,19,23). The van der Waals surface area contributed by atoms with E-state index in [9.17, 15) is 9.59 Å². The van der Waals surface area contributed by atoms with Gasteiger partial charge in [-0.2, -0.15) is 0 Å². The van der Waals surface area contributed by atoms with Gasteiger partial charge in [-0.15, -0.1) is 5.10 Å². The van der Waals surface area contributed by atoms with E-state index < -0.39 is 0 Å². The van der Waals surface area contributed by atoms with Crippen LogP contribution in [0.2, 0.25) is 0 Å². The minimum Gasteiger partial charge on any atom is -0.376 e. The van der Waals surface area contributed by atoms with E-state index in [0.29, 0.717) is 30.8 Å². The summed E-state index contributed by atoms with van der Waals surface area (Å²) in [6.07, 6.45) is 7.09. The van der Waals surface area contributed by atoms with Crippen LogP contribution in [-0.2, 0) is 16.1 Å². The summed E-state index contributed by atoms with van der Waals surface area (Å²) in [5, 5.41) is 7.06. The number of pyridine rings is 1. The molecule has 1 N–H and O–H groups in total. The van der Waals surface area contributed by atoms with Gasteiger partial charge in [0.2, 0.25) is 5.91 Å². The van der Waals surface area contributed by atoms with Crippen molar-refractivity contribution in [3.05, 3.63) is 34.9 Å². The Morgan fingerprint density at radius 3 is 3.00 bits per heavy atom. The molecular weight excluding hydrogens is 320 g/mol. The number of hydrogen-bond donors (Lipinski definition) is 1. The van der Waals surface area contributed by atoms with Crippen molar-refractivity contribution in [1.29, 1.82) is 0 Å². The first kappa shape index (κ1) is 17.7. The zero-order valence-electron chi connectivity index (χ0n) is 14.7. The number of ether oxygens (including phenoxy) is 1. The van der Waals surface area contributed by atoms with Gasteiger partial charge in [-0.25, -0.2) is 9.48 Å². The highest BCUT2D eigenvalue weighted by Gasteiger charge is 2.21. The van der Waals surface area contributed by atoms with E-state index in [1.54, 1.807) is 18.3 Å². The van der Waals surface area contributed by atoms with Crippen LogP contribution in [0.25, 0.3) is 5.65 Å². The summed E-state index contributed by atoms with van der Waals surface area (Å²) in [6.45, 7) is 3.54. The van der Waals surface area contributed by atoms with Crippen molar-refractivity contribution >= 4 is 11.6 Å². The predicted molar refractivity (Wildman–Crippen MR) is 94.5 cm³/mol. The van der Waals surface area contributed by atoms with Crippen LogP contribution in [0.5, 0.6) is 0 Å². The minimum atomic E-state index is -0.224. The molecule has 0 saturated heterocycles. The van der Waals surface area contributed by atoms with E-state index in [4.69, 9.17) is 4.74 Å². The fraction of sp³-hybridized carbons (Fsp3) is 0.611. The Labute approximate surface area is 147 Å². The molecule has 1 fully saturated rings. The minimum absolute atomic E-state index is 0.0933. The number of fused-ring (bicyclic) bond motifs is 1. The van der Waals surface area contributed by atoms with Crippen LogP contribution in [0.3, 0.4) is 0 Å². The lowest BCUT2D eigenvalue weighted by atomic mass is 9.88. The van der Waals surface area contributed by atoms with Gasteiger partial charge in [0.15, 0.2) is 5.65 Å². The predicted octanol–water partition coefficient (Wildman–Crippen LogP) is 1.60. The lowest BCUT2D eigenvalue weighted by Crippen LogP contribution is -2.32. The third kappa shape index (κ3) is 4.48. The Balaban J connectivity index is 1.39. The average molecular weight is 346 g/mol. The summed E-state index contributed by atoms with van der Waals surface area (Å²) in [7, 11) is 0. The molecule has 7 nitrogen and oxygen atoms in total. The Bertz CT molecular complexity index is 767. The van der Waals surface area contributed by atoms with Crippen LogP contribution in [0, 0.1) is 5.92 Å². The monoisotopic (exact) mass is 346 g/mol. The molecule has 136 valence electrons. The van der Waals surface area contributed by atoms with Crippen LogP contribution in [0.15, 0.2) is 29.2 Å². The van der Waals surface area contributed by atoms with Crippen molar-refractivity contribution in [3.63, 3.8) is 0 Å². The third-order valence-electron chi connectivity index (χ3n) is 4.83. The highest BCUT2D eigenvalue weighted by Crippen LogP contribution is 2.25. The summed E-state index contributed by atoms with van der Waals surface area (Å²) in [4.78, 5) is 24.1. The van der Waals surface area contributed by atoms with Gasteiger partial charge in [-0.05, 0) is 30.9 Å². The number of carbonyl (C=O) groups excluding carboxylic acids is 1. The number of amides is 1. The largest absolute Gasteiger partial charge is 0.376 e. The lowest BCUT2D eigenvalue weighted by molar-refractivity contribution is -0.121. The molecule has 25 heavy (non-hydrogen) atoms. The van der Waals surface area contributed by atoms with Crippen molar-refractivity contribution in [2.45, 2.75) is 51.7 Å². The zero-order chi connectivity index (χ0) is 17.6. The summed E-state index contributed by atoms with van der Waals surface area (Å²) < 4.78 is 8.68. The first-order valence-corrected chi connectivity index (χ1v) is 9.07. The number of aryl methyl sites for hydroxylation is 1. The van der Waals surface area contributed by atoms with Gasteiger partial charge in [0.25, 0.3) is 0 Å². The number of carbonyl (C=O) groups is 1. The number of aromatic nitrogens is 3. The maximum absolute atomic E-state index is 12.1. The molecule has 1 saturated carbocycles. The van der Waals surface area contributed by atoms with Gasteiger partial charge >= 0.3 is 5.69 Å². The first-order chi connectivity index (χ1) is 12.1. The van der Waals surface area contributed by atoms with Gasteiger partial charge < -0.3 is 10.1 Å². The Morgan fingerprint density at radius 2 is 2.20 bits per heavy atom. The number of nitrogens with zero attached hydrogens (tertiary/aromatic N) is 3. The van der Waals surface area contributed by atoms with Crippen molar-refractivity contribution in [1.82, 2.24) is 19.5 Å². The molecule has 2 unspecified atom stereocenters. The highest BCUT2D eigenvalue weighted by atomic mass is 16.5. The molecule has 1 aliphatic rings. The smallest absolute Gasteiger partial charge is 0.350 e. The molecular formula is C18H26N4O3. The van der Waals surface area contributed by atoms with Gasteiger partial charge in [0.05, 0.1) is 19.3 Å². The molecule has 0 aromatic carbocycles. The average Bonchev–Trinajstić information content (AvgIpc) is 2.95. The van der Waals surface area contributed by atoms with E-state index >= 15 is 0 Å².